The van der Waals surface area contributed by atoms with Crippen LogP contribution in [0, 0.1) is 16.0 Å². The number of ether oxygens (including phenoxy) is 1. The Kier molecular flexibility index (Phi) is 5.99. The van der Waals surface area contributed by atoms with E-state index in [4.69, 9.17) is 4.74 Å². The Labute approximate surface area is 176 Å². The van der Waals surface area contributed by atoms with E-state index in [9.17, 15) is 14.9 Å². The summed E-state index contributed by atoms with van der Waals surface area (Å²) in [6.07, 6.45) is 3.35. The Morgan fingerprint density at radius 1 is 1.20 bits per heavy atom. The molecule has 1 aliphatic heterocycles. The number of fused-ring (bicyclic) bond motifs is 1. The van der Waals surface area contributed by atoms with Crippen LogP contribution in [0.5, 0.6) is 5.75 Å². The fraction of sp³-hybridized carbons (Fsp3) is 0.435. The van der Waals surface area contributed by atoms with E-state index in [1.807, 2.05) is 0 Å². The van der Waals surface area contributed by atoms with Crippen LogP contribution in [0.3, 0.4) is 0 Å². The van der Waals surface area contributed by atoms with Gasteiger partial charge in [0.15, 0.2) is 5.75 Å². The first-order chi connectivity index (χ1) is 14.5. The predicted molar refractivity (Wildman–Crippen MR) is 113 cm³/mol. The molecule has 0 radical (unpaired) electrons. The van der Waals surface area contributed by atoms with Crippen molar-refractivity contribution in [3.05, 3.63) is 69.3 Å². The third kappa shape index (κ3) is 4.46. The van der Waals surface area contributed by atoms with Crippen molar-refractivity contribution in [1.29, 1.82) is 0 Å². The van der Waals surface area contributed by atoms with Gasteiger partial charge in [-0.1, -0.05) is 36.4 Å². The molecular formula is C23H27N3O4. The van der Waals surface area contributed by atoms with Gasteiger partial charge in [0.05, 0.1) is 12.0 Å². The minimum Gasteiger partial charge on any atom is -0.490 e. The maximum Gasteiger partial charge on any atom is 0.315 e. The van der Waals surface area contributed by atoms with Crippen LogP contribution >= 0.6 is 0 Å². The maximum atomic E-state index is 12.6. The van der Waals surface area contributed by atoms with Gasteiger partial charge in [0.2, 0.25) is 5.91 Å². The number of hydrogen-bond donors (Lipinski definition) is 1. The second-order valence-corrected chi connectivity index (χ2v) is 8.26. The molecule has 4 rings (SSSR count). The highest BCUT2D eigenvalue weighted by Gasteiger charge is 2.29. The largest absolute Gasteiger partial charge is 0.490 e. The number of nitro benzene ring substituents is 1. The SMILES string of the molecule is COc1cccc(CN2CCC(NC(=O)CC3Cc4ccccc4C3)C2)c1[N+](=O)[O-]. The zero-order valence-electron chi connectivity index (χ0n) is 17.2. The van der Waals surface area contributed by atoms with Crippen LogP contribution in [0.1, 0.15) is 29.5 Å². The van der Waals surface area contributed by atoms with Crippen molar-refractivity contribution in [2.24, 2.45) is 5.92 Å². The van der Waals surface area contributed by atoms with E-state index in [1.165, 1.54) is 18.2 Å². The van der Waals surface area contributed by atoms with Crippen LogP contribution in [0.25, 0.3) is 0 Å². The minimum absolute atomic E-state index is 0.0216. The number of hydrogen-bond acceptors (Lipinski definition) is 5. The van der Waals surface area contributed by atoms with Crippen molar-refractivity contribution >= 4 is 11.6 Å². The average Bonchev–Trinajstić information content (AvgIpc) is 3.33. The minimum atomic E-state index is -0.386. The summed E-state index contributed by atoms with van der Waals surface area (Å²) >= 11 is 0. The second-order valence-electron chi connectivity index (χ2n) is 8.26. The number of carbonyl (C=O) groups is 1. The number of rotatable bonds is 7. The van der Waals surface area contributed by atoms with Crippen molar-refractivity contribution in [3.8, 4) is 5.75 Å². The molecule has 158 valence electrons. The van der Waals surface area contributed by atoms with Gasteiger partial charge < -0.3 is 10.1 Å². The molecule has 30 heavy (non-hydrogen) atoms. The topological polar surface area (TPSA) is 84.7 Å². The Morgan fingerprint density at radius 2 is 1.93 bits per heavy atom. The van der Waals surface area contributed by atoms with E-state index in [0.29, 0.717) is 31.0 Å². The number of amides is 1. The van der Waals surface area contributed by atoms with Gasteiger partial charge in [-0.15, -0.1) is 0 Å². The third-order valence-corrected chi connectivity index (χ3v) is 6.13. The molecule has 0 saturated carbocycles. The van der Waals surface area contributed by atoms with Gasteiger partial charge in [0.1, 0.15) is 0 Å². The number of nitro groups is 1. The van der Waals surface area contributed by atoms with Gasteiger partial charge in [-0.25, -0.2) is 0 Å². The van der Waals surface area contributed by atoms with Crippen molar-refractivity contribution in [2.75, 3.05) is 20.2 Å². The molecule has 0 bridgehead atoms. The van der Waals surface area contributed by atoms with Gasteiger partial charge in [-0.2, -0.15) is 0 Å². The normalized spacial score (nSPS) is 18.9. The number of carbonyl (C=O) groups excluding carboxylic acids is 1. The average molecular weight is 409 g/mol. The summed E-state index contributed by atoms with van der Waals surface area (Å²) < 4.78 is 5.15. The van der Waals surface area contributed by atoms with Crippen LogP contribution < -0.4 is 10.1 Å². The fourth-order valence-electron chi connectivity index (χ4n) is 4.75. The Bertz CT molecular complexity index is 921. The van der Waals surface area contributed by atoms with Crippen molar-refractivity contribution in [1.82, 2.24) is 10.2 Å². The third-order valence-electron chi connectivity index (χ3n) is 6.13. The molecule has 1 amide bonds. The molecule has 2 aliphatic rings. The summed E-state index contributed by atoms with van der Waals surface area (Å²) in [5.74, 6) is 0.755. The molecule has 1 saturated heterocycles. The second kappa shape index (κ2) is 8.83. The molecule has 1 atom stereocenters. The summed E-state index contributed by atoms with van der Waals surface area (Å²) in [7, 11) is 1.44. The van der Waals surface area contributed by atoms with Gasteiger partial charge in [0.25, 0.3) is 0 Å². The quantitative estimate of drug-likeness (QED) is 0.561. The van der Waals surface area contributed by atoms with Crippen LogP contribution in [0.15, 0.2) is 42.5 Å². The van der Waals surface area contributed by atoms with Crippen molar-refractivity contribution in [2.45, 2.75) is 38.3 Å². The van der Waals surface area contributed by atoms with Crippen LogP contribution in [-0.4, -0.2) is 42.0 Å². The first-order valence-electron chi connectivity index (χ1n) is 10.4. The number of methoxy groups -OCH3 is 1. The Balaban J connectivity index is 1.29. The van der Waals surface area contributed by atoms with Crippen LogP contribution in [0.2, 0.25) is 0 Å². The predicted octanol–water partition coefficient (Wildman–Crippen LogP) is 3.10. The highest BCUT2D eigenvalue weighted by molar-refractivity contribution is 5.76. The lowest BCUT2D eigenvalue weighted by Crippen LogP contribution is -2.37. The van der Waals surface area contributed by atoms with Crippen molar-refractivity contribution < 1.29 is 14.5 Å². The van der Waals surface area contributed by atoms with Gasteiger partial charge >= 0.3 is 5.69 Å². The first kappa shape index (κ1) is 20.3. The molecule has 2 aromatic carbocycles. The van der Waals surface area contributed by atoms with Crippen LogP contribution in [0.4, 0.5) is 5.69 Å². The van der Waals surface area contributed by atoms with Crippen molar-refractivity contribution in [3.63, 3.8) is 0 Å². The smallest absolute Gasteiger partial charge is 0.315 e. The molecule has 0 aromatic heterocycles. The van der Waals surface area contributed by atoms with E-state index >= 15 is 0 Å². The monoisotopic (exact) mass is 409 g/mol. The Morgan fingerprint density at radius 3 is 2.60 bits per heavy atom. The van der Waals surface area contributed by atoms with E-state index < -0.39 is 0 Å². The van der Waals surface area contributed by atoms with E-state index in [0.717, 1.165) is 25.8 Å². The van der Waals surface area contributed by atoms with E-state index in [2.05, 4.69) is 34.5 Å². The highest BCUT2D eigenvalue weighted by atomic mass is 16.6. The number of benzene rings is 2. The maximum absolute atomic E-state index is 12.6. The fourth-order valence-corrected chi connectivity index (χ4v) is 4.75. The Hall–Kier alpha value is -2.93. The zero-order chi connectivity index (χ0) is 21.1. The highest BCUT2D eigenvalue weighted by Crippen LogP contribution is 2.32. The van der Waals surface area contributed by atoms with Crippen LogP contribution in [-0.2, 0) is 24.2 Å². The lowest BCUT2D eigenvalue weighted by molar-refractivity contribution is -0.386. The number of likely N-dealkylation sites (tertiary alicyclic amines) is 1. The van der Waals surface area contributed by atoms with Gasteiger partial charge in [0, 0.05) is 37.7 Å². The number of para-hydroxylation sites is 1. The molecule has 1 heterocycles. The summed E-state index contributed by atoms with van der Waals surface area (Å²) in [4.78, 5) is 25.8. The molecule has 2 aromatic rings. The summed E-state index contributed by atoms with van der Waals surface area (Å²) in [6.45, 7) is 1.97. The molecule has 7 heteroatoms. The van der Waals surface area contributed by atoms with E-state index in [-0.39, 0.29) is 28.3 Å². The first-order valence-corrected chi connectivity index (χ1v) is 10.4. The molecular weight excluding hydrogens is 382 g/mol. The lowest BCUT2D eigenvalue weighted by atomic mass is 10.0. The number of nitrogens with one attached hydrogen (secondary N) is 1. The molecule has 1 N–H and O–H groups in total. The van der Waals surface area contributed by atoms with E-state index in [1.54, 1.807) is 18.2 Å². The summed E-state index contributed by atoms with van der Waals surface area (Å²) in [5, 5.41) is 14.7. The standard InChI is InChI=1S/C23H27N3O4/c1-30-21-8-4-7-19(23(21)26(28)29)14-25-10-9-20(15-25)24-22(27)13-16-11-17-5-2-3-6-18(17)12-16/h2-8,16,20H,9-15H2,1H3,(H,24,27). The van der Waals surface area contributed by atoms with Gasteiger partial charge in [-0.05, 0) is 42.4 Å². The lowest BCUT2D eigenvalue weighted by Gasteiger charge is -2.18. The zero-order valence-corrected chi connectivity index (χ0v) is 17.2. The summed E-state index contributed by atoms with van der Waals surface area (Å²) in [6, 6.07) is 13.7. The number of nitrogens with zero attached hydrogens (tertiary/aromatic N) is 2. The molecule has 0 spiro atoms. The molecule has 1 unspecified atom stereocenters. The molecule has 1 aliphatic carbocycles. The molecule has 7 nitrogen and oxygen atoms in total. The molecule has 1 fully saturated rings. The van der Waals surface area contributed by atoms with Gasteiger partial charge in [-0.3, -0.25) is 19.8 Å². The summed E-state index contributed by atoms with van der Waals surface area (Å²) in [5.41, 5.74) is 3.38.